The summed E-state index contributed by atoms with van der Waals surface area (Å²) in [6, 6.07) is 0. The molecule has 0 spiro atoms. The van der Waals surface area contributed by atoms with E-state index >= 15 is 0 Å². The summed E-state index contributed by atoms with van der Waals surface area (Å²) >= 11 is 0. The highest BCUT2D eigenvalue weighted by atomic mass is 16.7. The lowest BCUT2D eigenvalue weighted by molar-refractivity contribution is -0.229. The topological polar surface area (TPSA) is 145 Å². The van der Waals surface area contributed by atoms with Gasteiger partial charge in [0.2, 0.25) is 0 Å². The largest absolute Gasteiger partial charge is 0.465 e. The van der Waals surface area contributed by atoms with Crippen molar-refractivity contribution in [3.05, 3.63) is 0 Å². The molecule has 0 aromatic heterocycles. The molecule has 0 amide bonds. The lowest BCUT2D eigenvalue weighted by Gasteiger charge is -2.38. The summed E-state index contributed by atoms with van der Waals surface area (Å²) in [7, 11) is 3.67. The monoisotopic (exact) mass is 821 g/mol. The number of esters is 4. The Balaban J connectivity index is 1.64. The average molecular weight is 821 g/mol. The van der Waals surface area contributed by atoms with Crippen LogP contribution < -0.4 is 10.6 Å². The molecule has 334 valence electrons. The fourth-order valence-electron chi connectivity index (χ4n) is 11.2. The number of likely N-dealkylation sites (tertiary alicyclic amines) is 1. The molecule has 4 heterocycles. The van der Waals surface area contributed by atoms with Crippen LogP contribution in [0.4, 0.5) is 0 Å². The maximum atomic E-state index is 14.5. The highest BCUT2D eigenvalue weighted by Crippen LogP contribution is 2.45. The third kappa shape index (κ3) is 10.6. The second-order valence-electron chi connectivity index (χ2n) is 22.9. The van der Waals surface area contributed by atoms with Crippen molar-refractivity contribution in [1.29, 1.82) is 0 Å². The van der Waals surface area contributed by atoms with Gasteiger partial charge in [0.15, 0.2) is 0 Å². The number of hydroxylamine groups is 2. The van der Waals surface area contributed by atoms with Crippen LogP contribution in [0.15, 0.2) is 0 Å². The molecule has 58 heavy (non-hydrogen) atoms. The minimum absolute atomic E-state index is 0.0310. The highest BCUT2D eigenvalue weighted by Gasteiger charge is 2.55. The second kappa shape index (κ2) is 16.5. The predicted octanol–water partition coefficient (Wildman–Crippen LogP) is 6.21. The van der Waals surface area contributed by atoms with E-state index in [1.807, 2.05) is 32.8 Å². The molecule has 0 aromatic carbocycles. The summed E-state index contributed by atoms with van der Waals surface area (Å²) < 4.78 is 24.2. The number of nitrogens with one attached hydrogen (secondary N) is 2. The lowest BCUT2D eigenvalue weighted by Crippen LogP contribution is -2.50. The van der Waals surface area contributed by atoms with Crippen LogP contribution >= 0.6 is 0 Å². The fourth-order valence-corrected chi connectivity index (χ4v) is 11.2. The third-order valence-corrected chi connectivity index (χ3v) is 14.6. The van der Waals surface area contributed by atoms with E-state index in [9.17, 15) is 19.2 Å². The van der Waals surface area contributed by atoms with Crippen LogP contribution in [0.3, 0.4) is 0 Å². The minimum atomic E-state index is -1.37. The van der Waals surface area contributed by atoms with Gasteiger partial charge in [0.25, 0.3) is 0 Å². The first kappa shape index (κ1) is 48.3. The Bertz CT molecular complexity index is 1530. The SMILES string of the molecule is CON1C(C)(C)CC(OC(=O)CC(C(=O)OCC2CC(C)(C)NC2(C)C)C(CC(=O)OCC2CC(C)(C)N(C)C2(C)C)C(=O)OCC2CC(C)(C)NC2(C)C)C1(C)C. The first-order valence-corrected chi connectivity index (χ1v) is 21.5. The van der Waals surface area contributed by atoms with Crippen LogP contribution in [0.5, 0.6) is 0 Å². The van der Waals surface area contributed by atoms with Crippen LogP contribution in [-0.2, 0) is 43.0 Å². The predicted molar refractivity (Wildman–Crippen MR) is 223 cm³/mol. The van der Waals surface area contributed by atoms with Gasteiger partial charge < -0.3 is 34.4 Å². The van der Waals surface area contributed by atoms with E-state index in [0.717, 1.165) is 19.3 Å². The van der Waals surface area contributed by atoms with Gasteiger partial charge >= 0.3 is 23.9 Å². The van der Waals surface area contributed by atoms with Gasteiger partial charge in [-0.2, -0.15) is 5.06 Å². The van der Waals surface area contributed by atoms with Crippen molar-refractivity contribution in [2.75, 3.05) is 34.0 Å². The molecule has 4 aliphatic rings. The Morgan fingerprint density at radius 1 is 0.569 bits per heavy atom. The number of carbonyl (C=O) groups is 4. The van der Waals surface area contributed by atoms with Crippen molar-refractivity contribution in [2.24, 2.45) is 29.6 Å². The summed E-state index contributed by atoms with van der Waals surface area (Å²) in [5.41, 5.74) is -2.48. The number of hydrogen-bond donors (Lipinski definition) is 2. The molecule has 0 aliphatic carbocycles. The summed E-state index contributed by atoms with van der Waals surface area (Å²) in [5, 5.41) is 9.06. The van der Waals surface area contributed by atoms with Crippen molar-refractivity contribution in [2.45, 2.75) is 200 Å². The van der Waals surface area contributed by atoms with E-state index < -0.39 is 65.7 Å². The lowest BCUT2D eigenvalue weighted by atomic mass is 9.85. The molecule has 13 nitrogen and oxygen atoms in total. The molecule has 0 radical (unpaired) electrons. The molecule has 0 aromatic rings. The van der Waals surface area contributed by atoms with Crippen molar-refractivity contribution in [3.63, 3.8) is 0 Å². The molecule has 2 N–H and O–H groups in total. The standard InChI is InChI=1S/C45H80N4O9/c1-38(2)21-28(42(9,10)46-38)25-56-36(52)31(19-34(50)55-27-30-23-40(5,6)48(17)44(30,13)14)32(37(53)57-26-29-22-39(3,4)47-43(29,11)12)20-35(51)58-33-24-41(7,8)49(54-18)45(33,15)16/h28-33,46-47H,19-27H2,1-18H3. The van der Waals surface area contributed by atoms with Crippen molar-refractivity contribution in [3.8, 4) is 0 Å². The maximum Gasteiger partial charge on any atom is 0.310 e. The smallest absolute Gasteiger partial charge is 0.310 e. The number of hydrogen-bond acceptors (Lipinski definition) is 13. The van der Waals surface area contributed by atoms with E-state index in [1.54, 1.807) is 7.11 Å². The average Bonchev–Trinajstić information content (AvgIpc) is 3.55. The van der Waals surface area contributed by atoms with E-state index in [-0.39, 0.29) is 70.8 Å². The fraction of sp³-hybridized carbons (Fsp3) is 0.911. The summed E-state index contributed by atoms with van der Waals surface area (Å²) in [5.74, 6) is -5.56. The molecule has 4 saturated heterocycles. The zero-order valence-electron chi connectivity index (χ0n) is 39.4. The third-order valence-electron chi connectivity index (χ3n) is 14.6. The summed E-state index contributed by atoms with van der Waals surface area (Å²) in [4.78, 5) is 64.9. The van der Waals surface area contributed by atoms with Gasteiger partial charge in [-0.1, -0.05) is 0 Å². The van der Waals surface area contributed by atoms with Gasteiger partial charge in [-0.25, -0.2) is 0 Å². The van der Waals surface area contributed by atoms with Gasteiger partial charge in [-0.15, -0.1) is 0 Å². The number of nitrogens with zero attached hydrogens (tertiary/aromatic N) is 2. The number of ether oxygens (including phenoxy) is 4. The van der Waals surface area contributed by atoms with Crippen molar-refractivity contribution >= 4 is 23.9 Å². The molecule has 0 saturated carbocycles. The first-order chi connectivity index (χ1) is 26.2. The van der Waals surface area contributed by atoms with Crippen molar-refractivity contribution in [1.82, 2.24) is 20.6 Å². The zero-order valence-corrected chi connectivity index (χ0v) is 39.4. The number of rotatable bonds is 15. The summed E-state index contributed by atoms with van der Waals surface area (Å²) in [6.45, 7) is 33.6. The van der Waals surface area contributed by atoms with Crippen LogP contribution in [0.25, 0.3) is 0 Å². The normalized spacial score (nSPS) is 31.0. The Kier molecular flexibility index (Phi) is 13.8. The van der Waals surface area contributed by atoms with E-state index in [1.165, 1.54) is 0 Å². The maximum absolute atomic E-state index is 14.5. The van der Waals surface area contributed by atoms with Crippen LogP contribution in [0.1, 0.15) is 149 Å². The highest BCUT2D eigenvalue weighted by molar-refractivity contribution is 5.88. The van der Waals surface area contributed by atoms with Gasteiger partial charge in [0.05, 0.1) is 57.1 Å². The molecule has 13 heteroatoms. The van der Waals surface area contributed by atoms with Crippen molar-refractivity contribution < 1.29 is 43.0 Å². The summed E-state index contributed by atoms with van der Waals surface area (Å²) in [6.07, 6.45) is 1.29. The molecule has 6 atom stereocenters. The molecule has 4 fully saturated rings. The Morgan fingerprint density at radius 3 is 1.36 bits per heavy atom. The number of carbonyl (C=O) groups excluding carboxylic acids is 4. The van der Waals surface area contributed by atoms with Crippen LogP contribution in [0, 0.1) is 29.6 Å². The van der Waals surface area contributed by atoms with Gasteiger partial charge in [-0.05, 0) is 137 Å². The van der Waals surface area contributed by atoms with E-state index in [4.69, 9.17) is 23.8 Å². The first-order valence-electron chi connectivity index (χ1n) is 21.5. The van der Waals surface area contributed by atoms with E-state index in [2.05, 4.69) is 106 Å². The molecule has 4 rings (SSSR count). The Labute approximate surface area is 350 Å². The zero-order chi connectivity index (χ0) is 44.2. The molecular formula is C45H80N4O9. The molecule has 6 unspecified atom stereocenters. The molecule has 4 aliphatic heterocycles. The minimum Gasteiger partial charge on any atom is -0.465 e. The van der Waals surface area contributed by atoms with Gasteiger partial charge in [-0.3, -0.25) is 24.1 Å². The Hall–Kier alpha value is -2.32. The van der Waals surface area contributed by atoms with Gasteiger partial charge in [0, 0.05) is 62.9 Å². The van der Waals surface area contributed by atoms with E-state index in [0.29, 0.717) is 6.42 Å². The quantitative estimate of drug-likeness (QED) is 0.143. The van der Waals surface area contributed by atoms with Crippen LogP contribution in [0.2, 0.25) is 0 Å². The molecular weight excluding hydrogens is 741 g/mol. The second-order valence-corrected chi connectivity index (χ2v) is 22.9. The van der Waals surface area contributed by atoms with Crippen LogP contribution in [-0.4, -0.2) is 118 Å². The molecule has 0 bridgehead atoms. The Morgan fingerprint density at radius 2 is 1.00 bits per heavy atom. The van der Waals surface area contributed by atoms with Gasteiger partial charge in [0.1, 0.15) is 6.10 Å².